The first-order valence-electron chi connectivity index (χ1n) is 5.74. The summed E-state index contributed by atoms with van der Waals surface area (Å²) in [6.07, 6.45) is 3.44. The minimum atomic E-state index is -0.831. The van der Waals surface area contributed by atoms with Crippen LogP contribution in [0.15, 0.2) is 0 Å². The minimum absolute atomic E-state index is 0.0683. The summed E-state index contributed by atoms with van der Waals surface area (Å²) >= 11 is 0. The number of hydrogen-bond acceptors (Lipinski definition) is 3. The van der Waals surface area contributed by atoms with Gasteiger partial charge in [-0.15, -0.1) is 0 Å². The number of carboxylic acids is 1. The van der Waals surface area contributed by atoms with Gasteiger partial charge in [-0.1, -0.05) is 0 Å². The number of hydrogen-bond donors (Lipinski definition) is 2. The number of ether oxygens (including phenoxy) is 1. The lowest BCUT2D eigenvalue weighted by Gasteiger charge is -2.04. The summed E-state index contributed by atoms with van der Waals surface area (Å²) in [5, 5.41) is 11.0. The minimum Gasteiger partial charge on any atom is -0.481 e. The lowest BCUT2D eigenvalue weighted by Crippen LogP contribution is -2.25. The van der Waals surface area contributed by atoms with Gasteiger partial charge in [0.15, 0.2) is 0 Å². The molecule has 0 bridgehead atoms. The molecule has 92 valence electrons. The van der Waals surface area contributed by atoms with Crippen molar-refractivity contribution in [3.05, 3.63) is 0 Å². The van der Waals surface area contributed by atoms with E-state index in [1.807, 2.05) is 0 Å². The van der Waals surface area contributed by atoms with E-state index in [0.29, 0.717) is 26.0 Å². The first-order chi connectivity index (χ1) is 7.68. The van der Waals surface area contributed by atoms with Crippen LogP contribution in [0.1, 0.15) is 32.1 Å². The van der Waals surface area contributed by atoms with Crippen LogP contribution in [0.25, 0.3) is 0 Å². The molecule has 0 aromatic rings. The van der Waals surface area contributed by atoms with Gasteiger partial charge in [-0.25, -0.2) is 0 Å². The molecule has 1 fully saturated rings. The maximum Gasteiger partial charge on any atom is 0.303 e. The zero-order valence-corrected chi connectivity index (χ0v) is 9.41. The summed E-state index contributed by atoms with van der Waals surface area (Å²) in [6, 6.07) is 0. The molecule has 0 heterocycles. The van der Waals surface area contributed by atoms with Crippen molar-refractivity contribution >= 4 is 11.9 Å². The van der Waals surface area contributed by atoms with Crippen molar-refractivity contribution in [1.29, 1.82) is 0 Å². The normalized spacial score (nSPS) is 14.8. The molecule has 0 aromatic heterocycles. The van der Waals surface area contributed by atoms with E-state index < -0.39 is 5.97 Å². The second-order valence-corrected chi connectivity index (χ2v) is 4.12. The molecular weight excluding hydrogens is 210 g/mol. The Morgan fingerprint density at radius 2 is 2.06 bits per heavy atom. The smallest absolute Gasteiger partial charge is 0.303 e. The van der Waals surface area contributed by atoms with E-state index in [0.717, 1.165) is 12.5 Å². The van der Waals surface area contributed by atoms with Gasteiger partial charge in [0.1, 0.15) is 0 Å². The maximum atomic E-state index is 11.2. The van der Waals surface area contributed by atoms with Crippen LogP contribution in [0.3, 0.4) is 0 Å². The van der Waals surface area contributed by atoms with Crippen LogP contribution in [0.4, 0.5) is 0 Å². The standard InChI is InChI=1S/C11H19NO4/c13-10(12-6-1-2-11(14)15)5-7-16-8-9-3-4-9/h9H,1-8H2,(H,12,13)(H,14,15). The fourth-order valence-corrected chi connectivity index (χ4v) is 1.26. The number of carbonyl (C=O) groups is 2. The number of amides is 1. The summed E-state index contributed by atoms with van der Waals surface area (Å²) in [5.74, 6) is -0.179. The van der Waals surface area contributed by atoms with Gasteiger partial charge in [-0.05, 0) is 25.2 Å². The molecule has 5 nitrogen and oxygen atoms in total. The van der Waals surface area contributed by atoms with Crippen LogP contribution >= 0.6 is 0 Å². The van der Waals surface area contributed by atoms with Crippen molar-refractivity contribution < 1.29 is 19.4 Å². The van der Waals surface area contributed by atoms with Gasteiger partial charge in [0.25, 0.3) is 0 Å². The highest BCUT2D eigenvalue weighted by atomic mass is 16.5. The van der Waals surface area contributed by atoms with E-state index >= 15 is 0 Å². The monoisotopic (exact) mass is 229 g/mol. The zero-order chi connectivity index (χ0) is 11.8. The van der Waals surface area contributed by atoms with Crippen LogP contribution in [-0.4, -0.2) is 36.7 Å². The molecule has 0 atom stereocenters. The Kier molecular flexibility index (Phi) is 5.85. The summed E-state index contributed by atoms with van der Waals surface area (Å²) in [7, 11) is 0. The third-order valence-electron chi connectivity index (χ3n) is 2.41. The van der Waals surface area contributed by atoms with Crippen molar-refractivity contribution in [1.82, 2.24) is 5.32 Å². The summed E-state index contributed by atoms with van der Waals surface area (Å²) < 4.78 is 5.32. The first-order valence-corrected chi connectivity index (χ1v) is 5.74. The fraction of sp³-hybridized carbons (Fsp3) is 0.818. The number of carboxylic acid groups (broad SMARTS) is 1. The number of rotatable bonds is 9. The lowest BCUT2D eigenvalue weighted by molar-refractivity contribution is -0.137. The molecule has 0 aliphatic heterocycles. The molecule has 1 amide bonds. The largest absolute Gasteiger partial charge is 0.481 e. The molecule has 0 spiro atoms. The molecule has 0 aromatic carbocycles. The topological polar surface area (TPSA) is 75.6 Å². The molecule has 2 N–H and O–H groups in total. The van der Waals surface area contributed by atoms with Crippen LogP contribution in [0.2, 0.25) is 0 Å². The van der Waals surface area contributed by atoms with Crippen molar-refractivity contribution in [3.8, 4) is 0 Å². The van der Waals surface area contributed by atoms with Crippen molar-refractivity contribution in [3.63, 3.8) is 0 Å². The van der Waals surface area contributed by atoms with Gasteiger partial charge in [-0.2, -0.15) is 0 Å². The van der Waals surface area contributed by atoms with Crippen LogP contribution in [0, 0.1) is 5.92 Å². The molecule has 1 rings (SSSR count). The molecule has 0 saturated heterocycles. The van der Waals surface area contributed by atoms with Gasteiger partial charge in [0.2, 0.25) is 5.91 Å². The Morgan fingerprint density at radius 1 is 1.31 bits per heavy atom. The molecule has 5 heteroatoms. The summed E-state index contributed by atoms with van der Waals surface area (Å²) in [5.41, 5.74) is 0. The van der Waals surface area contributed by atoms with E-state index in [4.69, 9.17) is 9.84 Å². The molecule has 1 aliphatic carbocycles. The van der Waals surface area contributed by atoms with Crippen LogP contribution < -0.4 is 5.32 Å². The molecule has 0 radical (unpaired) electrons. The maximum absolute atomic E-state index is 11.2. The fourth-order valence-electron chi connectivity index (χ4n) is 1.26. The number of nitrogens with one attached hydrogen (secondary N) is 1. The van der Waals surface area contributed by atoms with Gasteiger partial charge in [0.05, 0.1) is 6.61 Å². The average molecular weight is 229 g/mol. The highest BCUT2D eigenvalue weighted by molar-refractivity contribution is 5.76. The highest BCUT2D eigenvalue weighted by Gasteiger charge is 2.20. The average Bonchev–Trinajstić information content (AvgIpc) is 3.03. The molecular formula is C11H19NO4. The van der Waals surface area contributed by atoms with Crippen molar-refractivity contribution in [2.24, 2.45) is 5.92 Å². The van der Waals surface area contributed by atoms with Gasteiger partial charge in [0, 0.05) is 26.0 Å². The van der Waals surface area contributed by atoms with E-state index in [1.54, 1.807) is 0 Å². The molecule has 0 unspecified atom stereocenters. The van der Waals surface area contributed by atoms with Gasteiger partial charge in [-0.3, -0.25) is 9.59 Å². The summed E-state index contributed by atoms with van der Waals surface area (Å²) in [4.78, 5) is 21.4. The molecule has 16 heavy (non-hydrogen) atoms. The van der Waals surface area contributed by atoms with E-state index in [1.165, 1.54) is 12.8 Å². The Bertz CT molecular complexity index is 238. The quantitative estimate of drug-likeness (QED) is 0.573. The van der Waals surface area contributed by atoms with Gasteiger partial charge >= 0.3 is 5.97 Å². The third kappa shape index (κ3) is 7.23. The summed E-state index contributed by atoms with van der Waals surface area (Å²) in [6.45, 7) is 1.65. The van der Waals surface area contributed by atoms with E-state index in [9.17, 15) is 9.59 Å². The van der Waals surface area contributed by atoms with E-state index in [2.05, 4.69) is 5.32 Å². The Hall–Kier alpha value is -1.10. The Labute approximate surface area is 95.2 Å². The van der Waals surface area contributed by atoms with Crippen molar-refractivity contribution in [2.75, 3.05) is 19.8 Å². The predicted octanol–water partition coefficient (Wildman–Crippen LogP) is 0.784. The lowest BCUT2D eigenvalue weighted by atomic mass is 10.3. The van der Waals surface area contributed by atoms with Crippen molar-refractivity contribution in [2.45, 2.75) is 32.1 Å². The number of carbonyl (C=O) groups excluding carboxylic acids is 1. The second kappa shape index (κ2) is 7.22. The SMILES string of the molecule is O=C(O)CCCNC(=O)CCOCC1CC1. The number of aliphatic carboxylic acids is 1. The van der Waals surface area contributed by atoms with Crippen LogP contribution in [-0.2, 0) is 14.3 Å². The zero-order valence-electron chi connectivity index (χ0n) is 9.41. The van der Waals surface area contributed by atoms with E-state index in [-0.39, 0.29) is 12.3 Å². The van der Waals surface area contributed by atoms with Gasteiger partial charge < -0.3 is 15.2 Å². The highest BCUT2D eigenvalue weighted by Crippen LogP contribution is 2.28. The Balaban J connectivity index is 1.83. The predicted molar refractivity (Wildman–Crippen MR) is 58.0 cm³/mol. The molecule has 1 saturated carbocycles. The molecule has 1 aliphatic rings. The van der Waals surface area contributed by atoms with Crippen LogP contribution in [0.5, 0.6) is 0 Å². The first kappa shape index (κ1) is 13.0. The second-order valence-electron chi connectivity index (χ2n) is 4.12. The third-order valence-corrected chi connectivity index (χ3v) is 2.41. The Morgan fingerprint density at radius 3 is 2.69 bits per heavy atom.